The predicted molar refractivity (Wildman–Crippen MR) is 72.8 cm³/mol. The lowest BCUT2D eigenvalue weighted by molar-refractivity contribution is 1.30. The molecular weight excluding hydrogens is 248 g/mol. The SMILES string of the molecule is Cc1ccc(C#N)cc1Nc1ncc(Cl)cc1N. The summed E-state index contributed by atoms with van der Waals surface area (Å²) in [7, 11) is 0. The van der Waals surface area contributed by atoms with Crippen LogP contribution in [0, 0.1) is 18.3 Å². The van der Waals surface area contributed by atoms with Gasteiger partial charge in [-0.3, -0.25) is 0 Å². The van der Waals surface area contributed by atoms with E-state index in [1.165, 1.54) is 6.20 Å². The number of hydrogen-bond donors (Lipinski definition) is 2. The van der Waals surface area contributed by atoms with Crippen molar-refractivity contribution >= 4 is 28.8 Å². The Kier molecular flexibility index (Phi) is 3.35. The van der Waals surface area contributed by atoms with Crippen LogP contribution in [0.1, 0.15) is 11.1 Å². The van der Waals surface area contributed by atoms with Gasteiger partial charge in [-0.1, -0.05) is 17.7 Å². The van der Waals surface area contributed by atoms with Crippen LogP contribution >= 0.6 is 11.6 Å². The van der Waals surface area contributed by atoms with Gasteiger partial charge in [-0.15, -0.1) is 0 Å². The van der Waals surface area contributed by atoms with Gasteiger partial charge >= 0.3 is 0 Å². The van der Waals surface area contributed by atoms with Gasteiger partial charge in [-0.05, 0) is 30.7 Å². The standard InChI is InChI=1S/C13H11ClN4/c1-8-2-3-9(6-15)4-12(8)18-13-11(16)5-10(14)7-17-13/h2-5,7H,16H2,1H3,(H,17,18). The second-order valence-electron chi connectivity index (χ2n) is 3.86. The third kappa shape index (κ3) is 2.53. The maximum Gasteiger partial charge on any atom is 0.153 e. The summed E-state index contributed by atoms with van der Waals surface area (Å²) in [5.41, 5.74) is 8.66. The molecule has 0 saturated carbocycles. The van der Waals surface area contributed by atoms with Gasteiger partial charge < -0.3 is 11.1 Å². The molecule has 0 aliphatic heterocycles. The van der Waals surface area contributed by atoms with E-state index in [0.717, 1.165) is 11.3 Å². The number of nitriles is 1. The highest BCUT2D eigenvalue weighted by molar-refractivity contribution is 6.30. The number of aromatic nitrogens is 1. The summed E-state index contributed by atoms with van der Waals surface area (Å²) < 4.78 is 0. The third-order valence-corrected chi connectivity index (χ3v) is 2.71. The lowest BCUT2D eigenvalue weighted by Gasteiger charge is -2.11. The van der Waals surface area contributed by atoms with Crippen molar-refractivity contribution in [2.75, 3.05) is 11.1 Å². The molecule has 0 amide bonds. The number of hydrogen-bond acceptors (Lipinski definition) is 4. The number of aryl methyl sites for hydroxylation is 1. The Bertz CT molecular complexity index is 631. The molecule has 3 N–H and O–H groups in total. The zero-order valence-electron chi connectivity index (χ0n) is 9.74. The highest BCUT2D eigenvalue weighted by atomic mass is 35.5. The van der Waals surface area contributed by atoms with E-state index in [9.17, 15) is 0 Å². The van der Waals surface area contributed by atoms with Crippen LogP contribution in [0.4, 0.5) is 17.2 Å². The second-order valence-corrected chi connectivity index (χ2v) is 4.29. The Hall–Kier alpha value is -2.25. The van der Waals surface area contributed by atoms with Gasteiger partial charge in [0, 0.05) is 11.9 Å². The first-order valence-corrected chi connectivity index (χ1v) is 5.67. The van der Waals surface area contributed by atoms with Crippen LogP contribution < -0.4 is 11.1 Å². The van der Waals surface area contributed by atoms with E-state index in [2.05, 4.69) is 16.4 Å². The zero-order valence-corrected chi connectivity index (χ0v) is 10.5. The summed E-state index contributed by atoms with van der Waals surface area (Å²) in [5.74, 6) is 0.526. The molecule has 0 radical (unpaired) electrons. The Morgan fingerprint density at radius 2 is 2.17 bits per heavy atom. The second kappa shape index (κ2) is 4.94. The maximum atomic E-state index is 8.87. The lowest BCUT2D eigenvalue weighted by Crippen LogP contribution is -2.00. The lowest BCUT2D eigenvalue weighted by atomic mass is 10.1. The molecule has 0 aliphatic rings. The quantitative estimate of drug-likeness (QED) is 0.867. The number of nitrogens with one attached hydrogen (secondary N) is 1. The molecule has 0 aliphatic carbocycles. The fourth-order valence-corrected chi connectivity index (χ4v) is 1.68. The summed E-state index contributed by atoms with van der Waals surface area (Å²) >= 11 is 5.79. The Labute approximate surface area is 110 Å². The number of pyridine rings is 1. The molecule has 90 valence electrons. The van der Waals surface area contributed by atoms with Crippen molar-refractivity contribution in [1.82, 2.24) is 4.98 Å². The molecule has 2 rings (SSSR count). The minimum Gasteiger partial charge on any atom is -0.396 e. The number of halogens is 1. The van der Waals surface area contributed by atoms with Crippen LogP contribution in [-0.4, -0.2) is 4.98 Å². The van der Waals surface area contributed by atoms with Crippen molar-refractivity contribution in [1.29, 1.82) is 5.26 Å². The van der Waals surface area contributed by atoms with Gasteiger partial charge in [0.05, 0.1) is 22.3 Å². The van der Waals surface area contributed by atoms with E-state index in [1.807, 2.05) is 13.0 Å². The van der Waals surface area contributed by atoms with Crippen molar-refractivity contribution in [3.05, 3.63) is 46.6 Å². The highest BCUT2D eigenvalue weighted by Gasteiger charge is 2.05. The molecule has 0 fully saturated rings. The van der Waals surface area contributed by atoms with E-state index in [1.54, 1.807) is 18.2 Å². The van der Waals surface area contributed by atoms with Crippen molar-refractivity contribution < 1.29 is 0 Å². The minimum atomic E-state index is 0.462. The van der Waals surface area contributed by atoms with Gasteiger partial charge in [-0.25, -0.2) is 4.98 Å². The normalized spacial score (nSPS) is 9.83. The summed E-state index contributed by atoms with van der Waals surface area (Å²) in [6.45, 7) is 1.94. The van der Waals surface area contributed by atoms with Gasteiger partial charge in [0.15, 0.2) is 5.82 Å². The molecule has 1 aromatic heterocycles. The summed E-state index contributed by atoms with van der Waals surface area (Å²) in [5, 5.41) is 12.5. The van der Waals surface area contributed by atoms with Crippen molar-refractivity contribution in [2.45, 2.75) is 6.92 Å². The molecular formula is C13H11ClN4. The predicted octanol–water partition coefficient (Wildman–Crippen LogP) is 3.24. The van der Waals surface area contributed by atoms with Crippen LogP contribution in [0.25, 0.3) is 0 Å². The van der Waals surface area contributed by atoms with Crippen LogP contribution in [0.5, 0.6) is 0 Å². The Balaban J connectivity index is 2.37. The minimum absolute atomic E-state index is 0.462. The van der Waals surface area contributed by atoms with Crippen molar-refractivity contribution in [3.63, 3.8) is 0 Å². The Morgan fingerprint density at radius 3 is 2.83 bits per heavy atom. The number of nitrogen functional groups attached to an aromatic ring is 1. The van der Waals surface area contributed by atoms with Crippen LogP contribution in [0.15, 0.2) is 30.5 Å². The molecule has 0 bridgehead atoms. The average Bonchev–Trinajstić information content (AvgIpc) is 2.35. The third-order valence-electron chi connectivity index (χ3n) is 2.50. The van der Waals surface area contributed by atoms with Gasteiger partial charge in [0.2, 0.25) is 0 Å². The maximum absolute atomic E-state index is 8.87. The summed E-state index contributed by atoms with van der Waals surface area (Å²) in [6, 6.07) is 9.10. The van der Waals surface area contributed by atoms with Crippen molar-refractivity contribution in [3.8, 4) is 6.07 Å². The van der Waals surface area contributed by atoms with E-state index < -0.39 is 0 Å². The van der Waals surface area contributed by atoms with Gasteiger partial charge in [-0.2, -0.15) is 5.26 Å². The molecule has 0 unspecified atom stereocenters. The van der Waals surface area contributed by atoms with E-state index in [4.69, 9.17) is 22.6 Å². The largest absolute Gasteiger partial charge is 0.396 e. The molecule has 4 nitrogen and oxygen atoms in total. The smallest absolute Gasteiger partial charge is 0.153 e. The van der Waals surface area contributed by atoms with E-state index in [0.29, 0.717) is 22.1 Å². The molecule has 18 heavy (non-hydrogen) atoms. The molecule has 0 saturated heterocycles. The Morgan fingerprint density at radius 1 is 1.39 bits per heavy atom. The first kappa shape index (κ1) is 12.2. The first-order chi connectivity index (χ1) is 8.60. The molecule has 5 heteroatoms. The monoisotopic (exact) mass is 258 g/mol. The van der Waals surface area contributed by atoms with Crippen LogP contribution in [-0.2, 0) is 0 Å². The molecule has 0 spiro atoms. The molecule has 1 heterocycles. The average molecular weight is 259 g/mol. The van der Waals surface area contributed by atoms with Crippen molar-refractivity contribution in [2.24, 2.45) is 0 Å². The summed E-state index contributed by atoms with van der Waals surface area (Å²) in [6.07, 6.45) is 1.52. The summed E-state index contributed by atoms with van der Waals surface area (Å²) in [4.78, 5) is 4.12. The fraction of sp³-hybridized carbons (Fsp3) is 0.0769. The number of nitrogens with two attached hydrogens (primary N) is 1. The number of anilines is 3. The highest BCUT2D eigenvalue weighted by Crippen LogP contribution is 2.25. The van der Waals surface area contributed by atoms with E-state index >= 15 is 0 Å². The fourth-order valence-electron chi connectivity index (χ4n) is 1.51. The number of rotatable bonds is 2. The van der Waals surface area contributed by atoms with Gasteiger partial charge in [0.25, 0.3) is 0 Å². The first-order valence-electron chi connectivity index (χ1n) is 5.29. The topological polar surface area (TPSA) is 74.7 Å². The number of benzene rings is 1. The van der Waals surface area contributed by atoms with Gasteiger partial charge in [0.1, 0.15) is 0 Å². The number of nitrogens with zero attached hydrogens (tertiary/aromatic N) is 2. The molecule has 0 atom stereocenters. The van der Waals surface area contributed by atoms with Crippen LogP contribution in [0.2, 0.25) is 5.02 Å². The molecule has 2 aromatic rings. The van der Waals surface area contributed by atoms with E-state index in [-0.39, 0.29) is 0 Å². The zero-order chi connectivity index (χ0) is 13.1. The van der Waals surface area contributed by atoms with Crippen LogP contribution in [0.3, 0.4) is 0 Å². The molecule has 1 aromatic carbocycles.